The molecule has 0 radical (unpaired) electrons. The molecule has 0 fully saturated rings. The third-order valence-corrected chi connectivity index (χ3v) is 14.4. The number of nitrogens with zero attached hydrogens (tertiary/aromatic N) is 4. The summed E-state index contributed by atoms with van der Waals surface area (Å²) >= 11 is 5.77. The molecule has 240 valence electrons. The van der Waals surface area contributed by atoms with Crippen LogP contribution in [0.15, 0.2) is 59.3 Å². The Morgan fingerprint density at radius 3 is 1.20 bits per heavy atom. The van der Waals surface area contributed by atoms with Gasteiger partial charge in [0.1, 0.15) is 34.0 Å². The molecule has 6 heterocycles. The van der Waals surface area contributed by atoms with E-state index in [2.05, 4.69) is 0 Å². The minimum atomic E-state index is -5.85. The van der Waals surface area contributed by atoms with Gasteiger partial charge in [-0.05, 0) is 48.5 Å². The van der Waals surface area contributed by atoms with E-state index in [4.69, 9.17) is 0 Å². The van der Waals surface area contributed by atoms with E-state index in [1.807, 2.05) is 24.3 Å². The second kappa shape index (κ2) is 11.8. The highest BCUT2D eigenvalue weighted by Crippen LogP contribution is 2.67. The number of nitriles is 4. The van der Waals surface area contributed by atoms with Crippen LogP contribution in [0.3, 0.4) is 0 Å². The molecule has 0 aromatic carbocycles. The van der Waals surface area contributed by atoms with Crippen molar-refractivity contribution in [2.24, 2.45) is 0 Å². The predicted molar refractivity (Wildman–Crippen MR) is 182 cm³/mol. The molecule has 1 aliphatic rings. The number of hydrogen-bond acceptors (Lipinski definition) is 10. The number of alkyl halides is 6. The van der Waals surface area contributed by atoms with Crippen molar-refractivity contribution in [3.8, 4) is 63.3 Å². The Hall–Kier alpha value is -4.52. The maximum Gasteiger partial charge on any atom is 0.380 e. The second-order valence-electron chi connectivity index (χ2n) is 10.4. The molecule has 0 saturated heterocycles. The smallest absolute Gasteiger partial charge is 0.194 e. The molecule has 0 saturated carbocycles. The van der Waals surface area contributed by atoms with Gasteiger partial charge in [-0.25, -0.2) is 0 Å². The van der Waals surface area contributed by atoms with Crippen molar-refractivity contribution in [1.29, 1.82) is 21.0 Å². The zero-order chi connectivity index (χ0) is 34.9. The number of thiophene rings is 6. The fourth-order valence-corrected chi connectivity index (χ4v) is 11.3. The van der Waals surface area contributed by atoms with Gasteiger partial charge in [0.2, 0.25) is 0 Å². The van der Waals surface area contributed by atoms with Crippen LogP contribution in [0, 0.1) is 45.3 Å². The van der Waals surface area contributed by atoms with Crippen molar-refractivity contribution < 1.29 is 26.3 Å². The molecule has 49 heavy (non-hydrogen) atoms. The summed E-state index contributed by atoms with van der Waals surface area (Å²) in [5.41, 5.74) is -3.70. The first-order chi connectivity index (χ1) is 23.3. The van der Waals surface area contributed by atoms with Crippen LogP contribution in [0.5, 0.6) is 0 Å². The van der Waals surface area contributed by atoms with Gasteiger partial charge in [0.15, 0.2) is 0 Å². The van der Waals surface area contributed by atoms with Crippen molar-refractivity contribution in [3.63, 3.8) is 0 Å². The van der Waals surface area contributed by atoms with Crippen LogP contribution in [0.25, 0.3) is 50.2 Å². The fourth-order valence-electron chi connectivity index (χ4n) is 5.28. The summed E-state index contributed by atoms with van der Waals surface area (Å²) in [5.74, 6) is -16.6. The van der Waals surface area contributed by atoms with Gasteiger partial charge in [-0.2, -0.15) is 47.4 Å². The number of rotatable bonds is 6. The molecule has 6 aromatic rings. The maximum atomic E-state index is 16.3. The highest BCUT2D eigenvalue weighted by molar-refractivity contribution is 7.27. The summed E-state index contributed by atoms with van der Waals surface area (Å²) in [6, 6.07) is 18.8. The minimum Gasteiger partial charge on any atom is -0.194 e. The number of allylic oxidation sites excluding steroid dienone is 2. The van der Waals surface area contributed by atoms with Crippen molar-refractivity contribution in [3.05, 3.63) is 91.3 Å². The standard InChI is InChI=1S/C33H10F6N4S6/c34-31(35)27(19-7-25(23-5-15(9-40)13-44-23)48-29(19)21-3-1-17(11-42)46-21)28(32(36,37)33(31,38)39)20-8-26(24-6-16(10-41)14-45-24)49-30(20)22-4-2-18(12-43)47-22/h1-8,13-14H. The third-order valence-electron chi connectivity index (χ3n) is 7.49. The van der Waals surface area contributed by atoms with Crippen LogP contribution in [0.1, 0.15) is 32.0 Å². The van der Waals surface area contributed by atoms with Gasteiger partial charge in [-0.3, -0.25) is 0 Å². The maximum absolute atomic E-state index is 16.3. The van der Waals surface area contributed by atoms with Gasteiger partial charge in [0.25, 0.3) is 0 Å². The van der Waals surface area contributed by atoms with E-state index in [-0.39, 0.29) is 50.1 Å². The molecule has 0 bridgehead atoms. The SMILES string of the molecule is N#Cc1csc(-c2cc(C3=C(c4cc(-c5cc(C#N)cs5)sc4-c4ccc(C#N)s4)C(F)(F)C(F)(F)C3(F)F)c(-c3ccc(C#N)s3)s2)c1. The monoisotopic (exact) mass is 768 g/mol. The lowest BCUT2D eigenvalue weighted by molar-refractivity contribution is -0.254. The van der Waals surface area contributed by atoms with E-state index in [0.29, 0.717) is 9.75 Å². The molecule has 0 aliphatic heterocycles. The van der Waals surface area contributed by atoms with E-state index in [0.717, 1.165) is 80.2 Å². The molecule has 7 rings (SSSR count). The summed E-state index contributed by atoms with van der Waals surface area (Å²) < 4.78 is 96.3. The summed E-state index contributed by atoms with van der Waals surface area (Å²) in [6.07, 6.45) is 0. The van der Waals surface area contributed by atoms with Gasteiger partial charge in [-0.15, -0.1) is 68.0 Å². The average Bonchev–Trinajstić information content (AvgIpc) is 3.92. The summed E-state index contributed by atoms with van der Waals surface area (Å²) in [5, 5.41) is 40.6. The molecule has 0 atom stereocenters. The van der Waals surface area contributed by atoms with Gasteiger partial charge in [-0.1, -0.05) is 0 Å². The quantitative estimate of drug-likeness (QED) is 0.158. The van der Waals surface area contributed by atoms with E-state index in [9.17, 15) is 21.0 Å². The Balaban J connectivity index is 1.58. The lowest BCUT2D eigenvalue weighted by Gasteiger charge is -2.25. The Kier molecular flexibility index (Phi) is 7.96. The molecule has 6 aromatic heterocycles. The van der Waals surface area contributed by atoms with Gasteiger partial charge < -0.3 is 0 Å². The fraction of sp³-hybridized carbons (Fsp3) is 0.0909. The first-order valence-corrected chi connectivity index (χ1v) is 18.5. The second-order valence-corrected chi connectivity index (χ2v) is 16.4. The van der Waals surface area contributed by atoms with Crippen LogP contribution in [-0.2, 0) is 0 Å². The summed E-state index contributed by atoms with van der Waals surface area (Å²) in [7, 11) is 0. The zero-order valence-electron chi connectivity index (χ0n) is 23.8. The molecule has 16 heteroatoms. The molecule has 1 aliphatic carbocycles. The van der Waals surface area contributed by atoms with Crippen LogP contribution in [-0.4, -0.2) is 17.8 Å². The Morgan fingerprint density at radius 2 is 0.878 bits per heavy atom. The van der Waals surface area contributed by atoms with E-state index >= 15 is 26.3 Å². The van der Waals surface area contributed by atoms with Crippen molar-refractivity contribution >= 4 is 79.2 Å². The van der Waals surface area contributed by atoms with Crippen LogP contribution in [0.2, 0.25) is 0 Å². The van der Waals surface area contributed by atoms with E-state index in [1.165, 1.54) is 47.2 Å². The molecule has 0 spiro atoms. The largest absolute Gasteiger partial charge is 0.380 e. The molecule has 0 N–H and O–H groups in total. The highest BCUT2D eigenvalue weighted by atomic mass is 32.1. The van der Waals surface area contributed by atoms with Crippen molar-refractivity contribution in [2.75, 3.05) is 0 Å². The van der Waals surface area contributed by atoms with E-state index in [1.54, 1.807) is 0 Å². The molecule has 0 amide bonds. The summed E-state index contributed by atoms with van der Waals surface area (Å²) in [4.78, 5) is 2.19. The molecule has 0 unspecified atom stereocenters. The Morgan fingerprint density at radius 1 is 0.469 bits per heavy atom. The normalized spacial score (nSPS) is 15.9. The van der Waals surface area contributed by atoms with Crippen LogP contribution in [0.4, 0.5) is 26.3 Å². The minimum absolute atomic E-state index is 0.0223. The summed E-state index contributed by atoms with van der Waals surface area (Å²) in [6.45, 7) is 0. The topological polar surface area (TPSA) is 95.2 Å². The van der Waals surface area contributed by atoms with Gasteiger partial charge in [0.05, 0.1) is 20.9 Å². The molecular formula is C33H10F6N4S6. The average molecular weight is 769 g/mol. The lowest BCUT2D eigenvalue weighted by atomic mass is 9.94. The highest BCUT2D eigenvalue weighted by Gasteiger charge is 2.80. The van der Waals surface area contributed by atoms with Crippen LogP contribution >= 0.6 is 68.0 Å². The molecular weight excluding hydrogens is 759 g/mol. The van der Waals surface area contributed by atoms with Gasteiger partial charge >= 0.3 is 17.8 Å². The number of hydrogen-bond donors (Lipinski definition) is 0. The number of halogens is 6. The van der Waals surface area contributed by atoms with Crippen molar-refractivity contribution in [2.45, 2.75) is 17.8 Å². The van der Waals surface area contributed by atoms with Crippen molar-refractivity contribution in [1.82, 2.24) is 0 Å². The first-order valence-electron chi connectivity index (χ1n) is 13.5. The van der Waals surface area contributed by atoms with Gasteiger partial charge in [0, 0.05) is 62.3 Å². The molecule has 4 nitrogen and oxygen atoms in total. The Labute approximate surface area is 297 Å². The third kappa shape index (κ3) is 5.07. The lowest BCUT2D eigenvalue weighted by Crippen LogP contribution is -2.48. The zero-order valence-corrected chi connectivity index (χ0v) is 28.7. The first kappa shape index (κ1) is 33.0. The van der Waals surface area contributed by atoms with E-state index < -0.39 is 40.0 Å². The van der Waals surface area contributed by atoms with Crippen LogP contribution < -0.4 is 0 Å². The predicted octanol–water partition coefficient (Wildman–Crippen LogP) is 12.0. The Bertz CT molecular complexity index is 2340.